The van der Waals surface area contributed by atoms with E-state index < -0.39 is 11.7 Å². The molecule has 4 rings (SSSR count). The molecule has 0 aromatic heterocycles. The molecule has 0 spiro atoms. The Bertz CT molecular complexity index is 1130. The van der Waals surface area contributed by atoms with Gasteiger partial charge in [-0.25, -0.2) is 0 Å². The summed E-state index contributed by atoms with van der Waals surface area (Å²) in [5, 5.41) is 2.93. The zero-order valence-electron chi connectivity index (χ0n) is 20.9. The van der Waals surface area contributed by atoms with Crippen LogP contribution in [0.2, 0.25) is 0 Å². The highest BCUT2D eigenvalue weighted by molar-refractivity contribution is 8.04. The molecule has 1 fully saturated rings. The van der Waals surface area contributed by atoms with Crippen LogP contribution in [0.25, 0.3) is 6.08 Å². The number of amides is 2. The van der Waals surface area contributed by atoms with E-state index in [2.05, 4.69) is 17.3 Å². The first-order chi connectivity index (χ1) is 17.7. The van der Waals surface area contributed by atoms with Gasteiger partial charge < -0.3 is 10.2 Å². The summed E-state index contributed by atoms with van der Waals surface area (Å²) in [6, 6.07) is 12.6. The summed E-state index contributed by atoms with van der Waals surface area (Å²) < 4.78 is 38.7. The summed E-state index contributed by atoms with van der Waals surface area (Å²) in [7, 11) is 2.14. The molecule has 1 heterocycles. The first kappa shape index (κ1) is 27.3. The van der Waals surface area contributed by atoms with Gasteiger partial charge in [0.25, 0.3) is 5.91 Å². The van der Waals surface area contributed by atoms with Gasteiger partial charge >= 0.3 is 6.18 Å². The van der Waals surface area contributed by atoms with Crippen LogP contribution in [-0.4, -0.2) is 49.4 Å². The third kappa shape index (κ3) is 7.17. The number of benzene rings is 2. The largest absolute Gasteiger partial charge is 0.416 e. The highest BCUT2D eigenvalue weighted by Crippen LogP contribution is 2.42. The van der Waals surface area contributed by atoms with Crippen molar-refractivity contribution >= 4 is 35.3 Å². The maximum atomic E-state index is 13.3. The van der Waals surface area contributed by atoms with Gasteiger partial charge in [-0.2, -0.15) is 13.2 Å². The zero-order chi connectivity index (χ0) is 26.4. The highest BCUT2D eigenvalue weighted by Gasteiger charge is 2.32. The lowest BCUT2D eigenvalue weighted by Gasteiger charge is -2.31. The number of halogens is 3. The van der Waals surface area contributed by atoms with Gasteiger partial charge in [0.05, 0.1) is 16.2 Å². The number of carbonyl (C=O) groups excluding carboxylic acids is 2. The van der Waals surface area contributed by atoms with Crippen molar-refractivity contribution in [2.45, 2.75) is 55.6 Å². The number of para-hydroxylation sites is 1. The minimum Gasteiger partial charge on any atom is -0.355 e. The lowest BCUT2D eigenvalue weighted by molar-refractivity contribution is -0.137. The molecular formula is C28H32F3N3O2S. The summed E-state index contributed by atoms with van der Waals surface area (Å²) in [6.45, 7) is 1.31. The average molecular weight is 532 g/mol. The monoisotopic (exact) mass is 531 g/mol. The second-order valence-electron chi connectivity index (χ2n) is 9.57. The van der Waals surface area contributed by atoms with Gasteiger partial charge in [-0.05, 0) is 68.8 Å². The van der Waals surface area contributed by atoms with Crippen LogP contribution in [0.15, 0.2) is 58.3 Å². The van der Waals surface area contributed by atoms with Gasteiger partial charge in [-0.3, -0.25) is 14.5 Å². The van der Waals surface area contributed by atoms with E-state index in [0.717, 1.165) is 30.0 Å². The van der Waals surface area contributed by atoms with Crippen LogP contribution in [0.4, 0.5) is 18.9 Å². The Hall–Kier alpha value is -2.78. The number of thioether (sulfide) groups is 1. The van der Waals surface area contributed by atoms with Crippen LogP contribution in [0, 0.1) is 0 Å². The number of carbonyl (C=O) groups is 2. The summed E-state index contributed by atoms with van der Waals surface area (Å²) in [4.78, 5) is 31.0. The third-order valence-electron chi connectivity index (χ3n) is 6.88. The zero-order valence-corrected chi connectivity index (χ0v) is 21.7. The maximum Gasteiger partial charge on any atom is 0.416 e. The van der Waals surface area contributed by atoms with E-state index in [9.17, 15) is 22.8 Å². The van der Waals surface area contributed by atoms with Crippen LogP contribution < -0.4 is 10.2 Å². The molecule has 0 saturated heterocycles. The Kier molecular flexibility index (Phi) is 8.97. The Morgan fingerprint density at radius 1 is 1.11 bits per heavy atom. The molecule has 9 heteroatoms. The van der Waals surface area contributed by atoms with Crippen molar-refractivity contribution < 1.29 is 22.8 Å². The summed E-state index contributed by atoms with van der Waals surface area (Å²) >= 11 is 1.25. The van der Waals surface area contributed by atoms with Gasteiger partial charge in [0.2, 0.25) is 5.91 Å². The average Bonchev–Trinajstić information content (AvgIpc) is 2.89. The summed E-state index contributed by atoms with van der Waals surface area (Å²) in [5.41, 5.74) is 0.384. The standard InChI is InChI=1S/C28H32F3N3O2S/c1-33(22-8-3-2-4-9-22)17-7-16-32-26(35)19-34-23-10-5-6-11-24(23)37-25(27(34)36)18-20-12-14-21(15-13-20)28(29,30)31/h5-6,10-15,18,22H,2-4,7-9,16-17,19H2,1H3,(H,32,35)/b25-18-. The Morgan fingerprint density at radius 3 is 2.51 bits per heavy atom. The molecule has 2 aliphatic rings. The molecule has 1 aliphatic carbocycles. The molecule has 1 aliphatic heterocycles. The third-order valence-corrected chi connectivity index (χ3v) is 7.95. The van der Waals surface area contributed by atoms with Crippen molar-refractivity contribution in [1.82, 2.24) is 10.2 Å². The molecule has 2 amide bonds. The topological polar surface area (TPSA) is 52.7 Å². The lowest BCUT2D eigenvalue weighted by Crippen LogP contribution is -2.43. The SMILES string of the molecule is CN(CCCNC(=O)CN1C(=O)/C(=C/c2ccc(C(F)(F)F)cc2)Sc2ccccc21)C1CCCCC1. The minimum absolute atomic E-state index is 0.126. The van der Waals surface area contributed by atoms with Crippen LogP contribution in [0.5, 0.6) is 0 Å². The number of hydrogen-bond donors (Lipinski definition) is 1. The van der Waals surface area contributed by atoms with Crippen LogP contribution in [-0.2, 0) is 15.8 Å². The molecule has 37 heavy (non-hydrogen) atoms. The van der Waals surface area contributed by atoms with E-state index in [-0.39, 0.29) is 18.4 Å². The molecule has 0 bridgehead atoms. The number of anilines is 1. The number of nitrogens with one attached hydrogen (secondary N) is 1. The first-order valence-electron chi connectivity index (χ1n) is 12.7. The van der Waals surface area contributed by atoms with Crippen molar-refractivity contribution in [3.63, 3.8) is 0 Å². The maximum absolute atomic E-state index is 13.3. The van der Waals surface area contributed by atoms with E-state index in [4.69, 9.17) is 0 Å². The predicted octanol–water partition coefficient (Wildman–Crippen LogP) is 5.96. The van der Waals surface area contributed by atoms with E-state index in [0.29, 0.717) is 28.7 Å². The highest BCUT2D eigenvalue weighted by atomic mass is 32.2. The van der Waals surface area contributed by atoms with E-state index in [1.54, 1.807) is 12.1 Å². The van der Waals surface area contributed by atoms with Crippen molar-refractivity contribution in [2.75, 3.05) is 31.6 Å². The Balaban J connectivity index is 1.38. The molecule has 0 radical (unpaired) electrons. The predicted molar refractivity (Wildman–Crippen MR) is 141 cm³/mol. The molecule has 2 aromatic carbocycles. The summed E-state index contributed by atoms with van der Waals surface area (Å²) in [5.74, 6) is -0.597. The molecule has 198 valence electrons. The van der Waals surface area contributed by atoms with Gasteiger partial charge in [-0.1, -0.05) is 55.3 Å². The van der Waals surface area contributed by atoms with E-state index in [1.807, 2.05) is 18.2 Å². The van der Waals surface area contributed by atoms with Gasteiger partial charge in [0.15, 0.2) is 0 Å². The van der Waals surface area contributed by atoms with Crippen LogP contribution in [0.3, 0.4) is 0 Å². The molecule has 0 atom stereocenters. The van der Waals surface area contributed by atoms with E-state index >= 15 is 0 Å². The summed E-state index contributed by atoms with van der Waals surface area (Å²) in [6.07, 6.45) is 4.33. The number of hydrogen-bond acceptors (Lipinski definition) is 4. The van der Waals surface area contributed by atoms with Crippen molar-refractivity contribution in [2.24, 2.45) is 0 Å². The number of nitrogens with zero attached hydrogens (tertiary/aromatic N) is 2. The minimum atomic E-state index is -4.42. The van der Waals surface area contributed by atoms with Crippen molar-refractivity contribution in [3.8, 4) is 0 Å². The molecule has 1 N–H and O–H groups in total. The van der Waals surface area contributed by atoms with Gasteiger partial charge in [-0.15, -0.1) is 0 Å². The molecular weight excluding hydrogens is 499 g/mol. The van der Waals surface area contributed by atoms with Crippen molar-refractivity contribution in [1.29, 1.82) is 0 Å². The molecule has 2 aromatic rings. The van der Waals surface area contributed by atoms with Crippen LogP contribution >= 0.6 is 11.8 Å². The fraction of sp³-hybridized carbons (Fsp3) is 0.429. The van der Waals surface area contributed by atoms with E-state index in [1.165, 1.54) is 60.9 Å². The molecule has 0 unspecified atom stereocenters. The first-order valence-corrected chi connectivity index (χ1v) is 13.5. The number of rotatable bonds is 8. The van der Waals surface area contributed by atoms with Crippen molar-refractivity contribution in [3.05, 3.63) is 64.6 Å². The number of alkyl halides is 3. The normalized spacial score (nSPS) is 17.8. The fourth-order valence-corrected chi connectivity index (χ4v) is 5.86. The van der Waals surface area contributed by atoms with Gasteiger partial charge in [0, 0.05) is 17.5 Å². The Morgan fingerprint density at radius 2 is 1.81 bits per heavy atom. The lowest BCUT2D eigenvalue weighted by atomic mass is 9.94. The quantitative estimate of drug-likeness (QED) is 0.338. The molecule has 5 nitrogen and oxygen atoms in total. The smallest absolute Gasteiger partial charge is 0.355 e. The Labute approximate surface area is 220 Å². The van der Waals surface area contributed by atoms with Gasteiger partial charge in [0.1, 0.15) is 6.54 Å². The molecule has 1 saturated carbocycles. The van der Waals surface area contributed by atoms with Crippen LogP contribution in [0.1, 0.15) is 49.7 Å². The number of fused-ring (bicyclic) bond motifs is 1. The second kappa shape index (κ2) is 12.2. The fourth-order valence-electron chi connectivity index (χ4n) is 4.80. The second-order valence-corrected chi connectivity index (χ2v) is 10.6.